The lowest BCUT2D eigenvalue weighted by atomic mass is 9.80. The number of nitrogens with zero attached hydrogens (tertiary/aromatic N) is 3. The van der Waals surface area contributed by atoms with Crippen LogP contribution < -0.4 is 5.32 Å². The minimum atomic E-state index is 0.687. The molecule has 1 heterocycles. The third-order valence-electron chi connectivity index (χ3n) is 4.02. The van der Waals surface area contributed by atoms with Gasteiger partial charge in [0.1, 0.15) is 12.2 Å². The van der Waals surface area contributed by atoms with E-state index in [2.05, 4.69) is 29.4 Å². The average Bonchev–Trinajstić information content (AvgIpc) is 2.70. The molecule has 1 aliphatic rings. The highest BCUT2D eigenvalue weighted by atomic mass is 15.2. The van der Waals surface area contributed by atoms with E-state index in [0.29, 0.717) is 6.04 Å². The second-order valence-electron chi connectivity index (χ2n) is 5.56. The molecule has 3 atom stereocenters. The summed E-state index contributed by atoms with van der Waals surface area (Å²) in [6, 6.07) is 0.687. The molecule has 0 radical (unpaired) electrons. The van der Waals surface area contributed by atoms with Gasteiger partial charge in [0, 0.05) is 26.1 Å². The lowest BCUT2D eigenvalue weighted by Crippen LogP contribution is -2.40. The van der Waals surface area contributed by atoms with Gasteiger partial charge in [0.05, 0.1) is 0 Å². The van der Waals surface area contributed by atoms with Gasteiger partial charge in [-0.25, -0.2) is 0 Å². The smallest absolute Gasteiger partial charge is 0.133 e. The Labute approximate surface area is 104 Å². The SMILES string of the molecule is CC1CCC(C)C(NCCc2nncn2C)C1. The van der Waals surface area contributed by atoms with Crippen LogP contribution in [0.15, 0.2) is 6.33 Å². The Balaban J connectivity index is 1.76. The quantitative estimate of drug-likeness (QED) is 0.866. The Morgan fingerprint density at radius 3 is 2.94 bits per heavy atom. The molecule has 1 aromatic rings. The van der Waals surface area contributed by atoms with Gasteiger partial charge in [0.2, 0.25) is 0 Å². The molecule has 1 N–H and O–H groups in total. The van der Waals surface area contributed by atoms with E-state index < -0.39 is 0 Å². The molecule has 1 fully saturated rings. The lowest BCUT2D eigenvalue weighted by molar-refractivity contribution is 0.229. The molecule has 17 heavy (non-hydrogen) atoms. The first-order valence-corrected chi connectivity index (χ1v) is 6.73. The fraction of sp³-hybridized carbons (Fsp3) is 0.846. The molecule has 3 unspecified atom stereocenters. The molecule has 2 rings (SSSR count). The first-order valence-electron chi connectivity index (χ1n) is 6.73. The summed E-state index contributed by atoms with van der Waals surface area (Å²) in [5, 5.41) is 11.7. The van der Waals surface area contributed by atoms with Crippen LogP contribution in [0.4, 0.5) is 0 Å². The number of rotatable bonds is 4. The highest BCUT2D eigenvalue weighted by molar-refractivity contribution is 4.87. The number of aromatic nitrogens is 3. The topological polar surface area (TPSA) is 42.7 Å². The summed E-state index contributed by atoms with van der Waals surface area (Å²) in [4.78, 5) is 0. The van der Waals surface area contributed by atoms with E-state index in [9.17, 15) is 0 Å². The molecule has 0 amide bonds. The Morgan fingerprint density at radius 2 is 2.24 bits per heavy atom. The van der Waals surface area contributed by atoms with Crippen LogP contribution in [0.1, 0.15) is 38.9 Å². The fourth-order valence-corrected chi connectivity index (χ4v) is 2.72. The molecule has 4 nitrogen and oxygen atoms in total. The lowest BCUT2D eigenvalue weighted by Gasteiger charge is -2.33. The molecule has 4 heteroatoms. The normalized spacial score (nSPS) is 29.5. The van der Waals surface area contributed by atoms with Gasteiger partial charge in [-0.15, -0.1) is 10.2 Å². The monoisotopic (exact) mass is 236 g/mol. The van der Waals surface area contributed by atoms with Crippen molar-refractivity contribution >= 4 is 0 Å². The van der Waals surface area contributed by atoms with Crippen LogP contribution in [-0.4, -0.2) is 27.4 Å². The maximum absolute atomic E-state index is 4.11. The molecule has 1 saturated carbocycles. The van der Waals surface area contributed by atoms with E-state index in [1.165, 1.54) is 19.3 Å². The van der Waals surface area contributed by atoms with Crippen molar-refractivity contribution in [3.63, 3.8) is 0 Å². The van der Waals surface area contributed by atoms with Crippen LogP contribution >= 0.6 is 0 Å². The summed E-state index contributed by atoms with van der Waals surface area (Å²) in [5.41, 5.74) is 0. The van der Waals surface area contributed by atoms with Crippen LogP contribution in [0.2, 0.25) is 0 Å². The Kier molecular flexibility index (Phi) is 4.15. The fourth-order valence-electron chi connectivity index (χ4n) is 2.72. The predicted molar refractivity (Wildman–Crippen MR) is 68.7 cm³/mol. The summed E-state index contributed by atoms with van der Waals surface area (Å²) in [6.07, 6.45) is 6.81. The first-order chi connectivity index (χ1) is 8.16. The molecule has 1 aromatic heterocycles. The highest BCUT2D eigenvalue weighted by Gasteiger charge is 2.24. The standard InChI is InChI=1S/C13H24N4/c1-10-4-5-11(2)12(8-10)14-7-6-13-16-15-9-17(13)3/h9-12,14H,4-8H2,1-3H3. The van der Waals surface area contributed by atoms with Crippen molar-refractivity contribution in [3.05, 3.63) is 12.2 Å². The van der Waals surface area contributed by atoms with Crippen LogP contribution in [0.3, 0.4) is 0 Å². The molecule has 0 spiro atoms. The molecule has 0 aromatic carbocycles. The number of hydrogen-bond donors (Lipinski definition) is 1. The van der Waals surface area contributed by atoms with Crippen molar-refractivity contribution < 1.29 is 0 Å². The molecule has 0 bridgehead atoms. The zero-order valence-electron chi connectivity index (χ0n) is 11.2. The Bertz CT molecular complexity index is 347. The number of nitrogens with one attached hydrogen (secondary N) is 1. The number of aryl methyl sites for hydroxylation is 1. The summed E-state index contributed by atoms with van der Waals surface area (Å²) < 4.78 is 1.99. The van der Waals surface area contributed by atoms with E-state index in [-0.39, 0.29) is 0 Å². The molecule has 1 aliphatic carbocycles. The molecule has 0 saturated heterocycles. The van der Waals surface area contributed by atoms with E-state index in [1.807, 2.05) is 11.6 Å². The van der Waals surface area contributed by atoms with Gasteiger partial charge in [0.15, 0.2) is 0 Å². The Hall–Kier alpha value is -0.900. The van der Waals surface area contributed by atoms with Crippen LogP contribution in [0, 0.1) is 11.8 Å². The van der Waals surface area contributed by atoms with Gasteiger partial charge < -0.3 is 9.88 Å². The predicted octanol–water partition coefficient (Wildman–Crippen LogP) is 1.77. The van der Waals surface area contributed by atoms with Crippen LogP contribution in [-0.2, 0) is 13.5 Å². The van der Waals surface area contributed by atoms with Crippen molar-refractivity contribution in [2.75, 3.05) is 6.54 Å². The van der Waals surface area contributed by atoms with Crippen molar-refractivity contribution in [1.82, 2.24) is 20.1 Å². The van der Waals surface area contributed by atoms with E-state index in [1.54, 1.807) is 6.33 Å². The maximum atomic E-state index is 4.11. The van der Waals surface area contributed by atoms with Crippen molar-refractivity contribution in [1.29, 1.82) is 0 Å². The second kappa shape index (κ2) is 5.63. The number of hydrogen-bond acceptors (Lipinski definition) is 3. The van der Waals surface area contributed by atoms with Crippen molar-refractivity contribution in [3.8, 4) is 0 Å². The Morgan fingerprint density at radius 1 is 1.41 bits per heavy atom. The zero-order chi connectivity index (χ0) is 12.3. The summed E-state index contributed by atoms with van der Waals surface area (Å²) in [6.45, 7) is 5.74. The van der Waals surface area contributed by atoms with Gasteiger partial charge in [-0.1, -0.05) is 20.3 Å². The summed E-state index contributed by atoms with van der Waals surface area (Å²) in [7, 11) is 2.00. The second-order valence-corrected chi connectivity index (χ2v) is 5.56. The first kappa shape index (κ1) is 12.6. The molecule has 0 aliphatic heterocycles. The van der Waals surface area contributed by atoms with E-state index in [4.69, 9.17) is 0 Å². The van der Waals surface area contributed by atoms with Gasteiger partial charge >= 0.3 is 0 Å². The van der Waals surface area contributed by atoms with E-state index >= 15 is 0 Å². The average molecular weight is 236 g/mol. The van der Waals surface area contributed by atoms with Crippen LogP contribution in [0.5, 0.6) is 0 Å². The highest BCUT2D eigenvalue weighted by Crippen LogP contribution is 2.28. The van der Waals surface area contributed by atoms with Crippen LogP contribution in [0.25, 0.3) is 0 Å². The third-order valence-corrected chi connectivity index (χ3v) is 4.02. The van der Waals surface area contributed by atoms with Crippen molar-refractivity contribution in [2.45, 2.75) is 45.6 Å². The largest absolute Gasteiger partial charge is 0.321 e. The van der Waals surface area contributed by atoms with Gasteiger partial charge in [-0.2, -0.15) is 0 Å². The minimum Gasteiger partial charge on any atom is -0.321 e. The van der Waals surface area contributed by atoms with E-state index in [0.717, 1.165) is 30.6 Å². The van der Waals surface area contributed by atoms with Gasteiger partial charge in [-0.3, -0.25) is 0 Å². The molecule has 96 valence electrons. The summed E-state index contributed by atoms with van der Waals surface area (Å²) in [5.74, 6) is 2.75. The third kappa shape index (κ3) is 3.28. The van der Waals surface area contributed by atoms with Gasteiger partial charge in [0.25, 0.3) is 0 Å². The molecular formula is C13H24N4. The van der Waals surface area contributed by atoms with Crippen molar-refractivity contribution in [2.24, 2.45) is 18.9 Å². The summed E-state index contributed by atoms with van der Waals surface area (Å²) >= 11 is 0. The maximum Gasteiger partial charge on any atom is 0.133 e. The zero-order valence-corrected chi connectivity index (χ0v) is 11.2. The van der Waals surface area contributed by atoms with Gasteiger partial charge in [-0.05, 0) is 24.7 Å². The molecular weight excluding hydrogens is 212 g/mol. The minimum absolute atomic E-state index is 0.687.